The number of aryl methyl sites for hydroxylation is 1. The molecule has 0 aliphatic rings. The van der Waals surface area contributed by atoms with Crippen LogP contribution in [-0.2, 0) is 4.79 Å². The summed E-state index contributed by atoms with van der Waals surface area (Å²) in [6.45, 7) is 1.79. The number of furan rings is 1. The zero-order valence-electron chi connectivity index (χ0n) is 17.6. The maximum atomic E-state index is 13.1. The van der Waals surface area contributed by atoms with Crippen LogP contribution in [0.3, 0.4) is 0 Å². The Bertz CT molecular complexity index is 1460. The smallest absolute Gasteiger partial charge is 0.270 e. The lowest BCUT2D eigenvalue weighted by Gasteiger charge is -2.02. The van der Waals surface area contributed by atoms with Gasteiger partial charge in [0.15, 0.2) is 5.13 Å². The van der Waals surface area contributed by atoms with E-state index < -0.39 is 10.8 Å². The van der Waals surface area contributed by atoms with Gasteiger partial charge in [-0.1, -0.05) is 6.07 Å². The van der Waals surface area contributed by atoms with Crippen molar-refractivity contribution < 1.29 is 18.5 Å². The first kappa shape index (κ1) is 22.6. The highest BCUT2D eigenvalue weighted by Gasteiger charge is 2.16. The van der Waals surface area contributed by atoms with Crippen molar-refractivity contribution >= 4 is 34.1 Å². The molecule has 168 valence electrons. The van der Waals surface area contributed by atoms with Crippen LogP contribution in [0.4, 0.5) is 15.2 Å². The summed E-state index contributed by atoms with van der Waals surface area (Å²) in [4.78, 5) is 27.5. The molecule has 1 amide bonds. The fourth-order valence-electron chi connectivity index (χ4n) is 3.10. The molecule has 0 fully saturated rings. The number of nitrogens with zero attached hydrogens (tertiary/aromatic N) is 3. The normalized spacial score (nSPS) is 11.1. The lowest BCUT2D eigenvalue weighted by molar-refractivity contribution is -0.384. The summed E-state index contributed by atoms with van der Waals surface area (Å²) in [5, 5.41) is 25.1. The first-order valence-corrected chi connectivity index (χ1v) is 10.7. The molecule has 8 nitrogen and oxygen atoms in total. The quantitative estimate of drug-likeness (QED) is 0.159. The van der Waals surface area contributed by atoms with E-state index in [9.17, 15) is 24.6 Å². The van der Waals surface area contributed by atoms with E-state index in [2.05, 4.69) is 10.3 Å². The molecular weight excluding hydrogens is 459 g/mol. The summed E-state index contributed by atoms with van der Waals surface area (Å²) >= 11 is 1.17. The van der Waals surface area contributed by atoms with Gasteiger partial charge in [0.2, 0.25) is 0 Å². The number of benzene rings is 2. The van der Waals surface area contributed by atoms with Crippen molar-refractivity contribution in [2.75, 3.05) is 5.32 Å². The Labute approximate surface area is 196 Å². The van der Waals surface area contributed by atoms with Gasteiger partial charge in [-0.15, -0.1) is 11.3 Å². The highest BCUT2D eigenvalue weighted by atomic mass is 32.1. The van der Waals surface area contributed by atoms with Gasteiger partial charge in [0.25, 0.3) is 11.6 Å². The molecule has 0 saturated heterocycles. The molecular formula is C24H15FN4O4S. The van der Waals surface area contributed by atoms with Gasteiger partial charge in [0.05, 0.1) is 10.6 Å². The molecule has 2 heterocycles. The summed E-state index contributed by atoms with van der Waals surface area (Å²) in [6, 6.07) is 15.2. The predicted octanol–water partition coefficient (Wildman–Crippen LogP) is 5.97. The van der Waals surface area contributed by atoms with E-state index in [-0.39, 0.29) is 28.0 Å². The van der Waals surface area contributed by atoms with Crippen LogP contribution in [0.25, 0.3) is 28.7 Å². The molecule has 0 atom stereocenters. The number of carbonyl (C=O) groups excluding carboxylic acids is 1. The van der Waals surface area contributed by atoms with Crippen molar-refractivity contribution in [3.8, 4) is 28.7 Å². The average molecular weight is 474 g/mol. The fraction of sp³-hybridized carbons (Fsp3) is 0.0417. The molecule has 34 heavy (non-hydrogen) atoms. The monoisotopic (exact) mass is 474 g/mol. The van der Waals surface area contributed by atoms with Gasteiger partial charge in [-0.3, -0.25) is 20.2 Å². The minimum absolute atomic E-state index is 0.0744. The zero-order valence-corrected chi connectivity index (χ0v) is 18.4. The number of nitriles is 1. The number of nitrogens with one attached hydrogen (secondary N) is 1. The molecule has 0 saturated carbocycles. The Hall–Kier alpha value is -4.62. The van der Waals surface area contributed by atoms with E-state index >= 15 is 0 Å². The molecule has 0 radical (unpaired) electrons. The molecule has 4 rings (SSSR count). The first-order valence-electron chi connectivity index (χ1n) is 9.84. The van der Waals surface area contributed by atoms with Crippen LogP contribution in [0.5, 0.6) is 0 Å². The number of nitro groups is 1. The summed E-state index contributed by atoms with van der Waals surface area (Å²) < 4.78 is 18.8. The lowest BCUT2D eigenvalue weighted by Crippen LogP contribution is -2.13. The third kappa shape index (κ3) is 4.90. The predicted molar refractivity (Wildman–Crippen MR) is 125 cm³/mol. The third-order valence-electron chi connectivity index (χ3n) is 4.84. The number of rotatable bonds is 6. The minimum atomic E-state index is -0.674. The van der Waals surface area contributed by atoms with E-state index in [0.717, 1.165) is 5.56 Å². The second-order valence-corrected chi connectivity index (χ2v) is 7.99. The van der Waals surface area contributed by atoms with Gasteiger partial charge in [-0.2, -0.15) is 5.26 Å². The van der Waals surface area contributed by atoms with Crippen LogP contribution in [0, 0.1) is 34.2 Å². The SMILES string of the molecule is Cc1ccc([N+](=O)[O-])cc1-c1ccc(C=C(C#N)C(=O)Nc2nc(-c3ccc(F)cc3)cs2)o1. The molecule has 10 heteroatoms. The van der Waals surface area contributed by atoms with E-state index in [1.165, 1.54) is 41.7 Å². The summed E-state index contributed by atoms with van der Waals surface area (Å²) in [6.07, 6.45) is 1.28. The lowest BCUT2D eigenvalue weighted by atomic mass is 10.1. The average Bonchev–Trinajstić information content (AvgIpc) is 3.48. The molecule has 4 aromatic rings. The van der Waals surface area contributed by atoms with Gasteiger partial charge in [0.1, 0.15) is 29.0 Å². The standard InChI is InChI=1S/C24H15FN4O4S/c1-14-2-7-18(29(31)32)11-20(14)22-9-8-19(33-22)10-16(12-26)23(30)28-24-27-21(13-34-24)15-3-5-17(25)6-4-15/h2-11,13H,1H3,(H,27,28,30). The number of amides is 1. The summed E-state index contributed by atoms with van der Waals surface area (Å²) in [7, 11) is 0. The number of halogens is 1. The number of non-ortho nitro benzene ring substituents is 1. The highest BCUT2D eigenvalue weighted by Crippen LogP contribution is 2.30. The van der Waals surface area contributed by atoms with Gasteiger partial charge in [-0.25, -0.2) is 9.37 Å². The summed E-state index contributed by atoms with van der Waals surface area (Å²) in [5.74, 6) is -0.433. The van der Waals surface area contributed by atoms with E-state index in [1.54, 1.807) is 42.6 Å². The number of carbonyl (C=O) groups is 1. The maximum Gasteiger partial charge on any atom is 0.270 e. The fourth-order valence-corrected chi connectivity index (χ4v) is 3.82. The Kier molecular flexibility index (Phi) is 6.29. The van der Waals surface area contributed by atoms with Gasteiger partial charge >= 0.3 is 0 Å². The Morgan fingerprint density at radius 3 is 2.71 bits per heavy atom. The van der Waals surface area contributed by atoms with E-state index in [0.29, 0.717) is 22.6 Å². The van der Waals surface area contributed by atoms with Crippen LogP contribution >= 0.6 is 11.3 Å². The molecule has 0 spiro atoms. The van der Waals surface area contributed by atoms with Crippen molar-refractivity contribution in [3.63, 3.8) is 0 Å². The minimum Gasteiger partial charge on any atom is -0.457 e. The highest BCUT2D eigenvalue weighted by molar-refractivity contribution is 7.14. The van der Waals surface area contributed by atoms with Crippen LogP contribution < -0.4 is 5.32 Å². The number of thiazole rings is 1. The summed E-state index contributed by atoms with van der Waals surface area (Å²) in [5.41, 5.74) is 2.27. The topological polar surface area (TPSA) is 122 Å². The van der Waals surface area contributed by atoms with Gasteiger partial charge < -0.3 is 4.42 Å². The maximum absolute atomic E-state index is 13.1. The van der Waals surface area contributed by atoms with Crippen LogP contribution in [0.1, 0.15) is 11.3 Å². The van der Waals surface area contributed by atoms with E-state index in [1.807, 2.05) is 6.07 Å². The largest absolute Gasteiger partial charge is 0.457 e. The number of anilines is 1. The second-order valence-electron chi connectivity index (χ2n) is 7.13. The molecule has 0 bridgehead atoms. The Morgan fingerprint density at radius 1 is 1.24 bits per heavy atom. The molecule has 0 unspecified atom stereocenters. The van der Waals surface area contributed by atoms with Crippen molar-refractivity contribution in [2.24, 2.45) is 0 Å². The number of hydrogen-bond acceptors (Lipinski definition) is 7. The Morgan fingerprint density at radius 2 is 2.00 bits per heavy atom. The molecule has 0 aliphatic heterocycles. The Balaban J connectivity index is 1.52. The van der Waals surface area contributed by atoms with E-state index in [4.69, 9.17) is 4.42 Å². The van der Waals surface area contributed by atoms with Crippen molar-refractivity contribution in [3.05, 3.63) is 92.8 Å². The van der Waals surface area contributed by atoms with Gasteiger partial charge in [0, 0.05) is 34.7 Å². The number of aromatic nitrogens is 1. The van der Waals surface area contributed by atoms with Gasteiger partial charge in [-0.05, 0) is 48.9 Å². The third-order valence-corrected chi connectivity index (χ3v) is 5.60. The number of nitro benzene ring substituents is 1. The molecule has 2 aromatic heterocycles. The van der Waals surface area contributed by atoms with Crippen LogP contribution in [0.15, 0.2) is 70.0 Å². The van der Waals surface area contributed by atoms with Crippen molar-refractivity contribution in [2.45, 2.75) is 6.92 Å². The zero-order chi connectivity index (χ0) is 24.2. The van der Waals surface area contributed by atoms with Crippen LogP contribution in [-0.4, -0.2) is 15.8 Å². The van der Waals surface area contributed by atoms with Crippen LogP contribution in [0.2, 0.25) is 0 Å². The second kappa shape index (κ2) is 9.48. The van der Waals surface area contributed by atoms with Crippen molar-refractivity contribution in [1.82, 2.24) is 4.98 Å². The molecule has 0 aliphatic carbocycles. The number of hydrogen-bond donors (Lipinski definition) is 1. The first-order chi connectivity index (χ1) is 16.3. The molecule has 2 aromatic carbocycles. The molecule has 1 N–H and O–H groups in total. The van der Waals surface area contributed by atoms with Crippen molar-refractivity contribution in [1.29, 1.82) is 5.26 Å².